The molecule has 3 heterocycles. The number of aliphatic hydroxyl groups excluding tert-OH is 1. The largest absolute Gasteiger partial charge is 0.378 e. The highest BCUT2D eigenvalue weighted by Crippen LogP contribution is 2.33. The van der Waals surface area contributed by atoms with E-state index >= 15 is 0 Å². The Bertz CT molecular complexity index is 832. The van der Waals surface area contributed by atoms with E-state index in [-0.39, 0.29) is 29.4 Å². The fraction of sp³-hybridized carbons (Fsp3) is 0.650. The molecule has 8 heteroatoms. The zero-order chi connectivity index (χ0) is 20.7. The summed E-state index contributed by atoms with van der Waals surface area (Å²) in [4.78, 5) is 40.9. The second-order valence-electron chi connectivity index (χ2n) is 8.74. The topological polar surface area (TPSA) is 109 Å². The second-order valence-corrected chi connectivity index (χ2v) is 8.74. The van der Waals surface area contributed by atoms with Crippen molar-refractivity contribution in [2.24, 2.45) is 17.6 Å². The Kier molecular flexibility index (Phi) is 5.63. The Balaban J connectivity index is 2.08. The van der Waals surface area contributed by atoms with Crippen molar-refractivity contribution < 1.29 is 14.7 Å². The third kappa shape index (κ3) is 3.71. The van der Waals surface area contributed by atoms with Crippen LogP contribution in [0, 0.1) is 11.8 Å². The molecule has 1 aromatic heterocycles. The minimum absolute atomic E-state index is 0.101. The molecule has 0 aliphatic carbocycles. The Hall–Kier alpha value is -2.19. The Labute approximate surface area is 164 Å². The van der Waals surface area contributed by atoms with E-state index in [2.05, 4.69) is 27.7 Å². The van der Waals surface area contributed by atoms with Gasteiger partial charge >= 0.3 is 0 Å². The normalized spacial score (nSPS) is 25.2. The fourth-order valence-corrected chi connectivity index (χ4v) is 4.41. The lowest BCUT2D eigenvalue weighted by molar-refractivity contribution is -0.141. The molecule has 0 aromatic carbocycles. The molecule has 2 aliphatic rings. The van der Waals surface area contributed by atoms with E-state index in [9.17, 15) is 19.5 Å². The Morgan fingerprint density at radius 2 is 1.93 bits per heavy atom. The average Bonchev–Trinajstić information content (AvgIpc) is 2.57. The number of pyridine rings is 1. The van der Waals surface area contributed by atoms with Gasteiger partial charge in [0.1, 0.15) is 23.7 Å². The molecule has 3 unspecified atom stereocenters. The fourth-order valence-electron chi connectivity index (χ4n) is 4.41. The van der Waals surface area contributed by atoms with Gasteiger partial charge in [0.2, 0.25) is 0 Å². The summed E-state index contributed by atoms with van der Waals surface area (Å²) < 4.78 is 1.63. The van der Waals surface area contributed by atoms with Crippen molar-refractivity contribution in [3.8, 4) is 0 Å². The number of fused-ring (bicyclic) bond motifs is 2. The first-order chi connectivity index (χ1) is 13.1. The molecule has 1 saturated heterocycles. The SMILES string of the molecule is CC(C)CC1CC(O)N(CC(C)C)C2Cn3cc(C(N)=O)c(=O)cc3C(=O)N12. The van der Waals surface area contributed by atoms with Gasteiger partial charge in [0.25, 0.3) is 11.8 Å². The number of carbonyl (C=O) groups excluding carboxylic acids is 2. The van der Waals surface area contributed by atoms with Crippen molar-refractivity contribution in [3.05, 3.63) is 33.7 Å². The molecule has 1 fully saturated rings. The van der Waals surface area contributed by atoms with E-state index in [0.29, 0.717) is 31.3 Å². The Morgan fingerprint density at radius 1 is 1.25 bits per heavy atom. The van der Waals surface area contributed by atoms with Crippen molar-refractivity contribution in [2.45, 2.75) is 65.5 Å². The third-order valence-electron chi connectivity index (χ3n) is 5.49. The molecular formula is C20H30N4O4. The number of hydrogen-bond acceptors (Lipinski definition) is 5. The number of aliphatic hydroxyl groups is 1. The molecule has 3 atom stereocenters. The van der Waals surface area contributed by atoms with Crippen LogP contribution in [-0.4, -0.2) is 56.3 Å². The smallest absolute Gasteiger partial charge is 0.272 e. The van der Waals surface area contributed by atoms with Crippen LogP contribution in [0.25, 0.3) is 0 Å². The van der Waals surface area contributed by atoms with Crippen LogP contribution in [0.15, 0.2) is 17.1 Å². The molecule has 2 amide bonds. The van der Waals surface area contributed by atoms with Gasteiger partial charge in [-0.15, -0.1) is 0 Å². The minimum Gasteiger partial charge on any atom is -0.378 e. The van der Waals surface area contributed by atoms with Gasteiger partial charge in [-0.05, 0) is 18.3 Å². The first-order valence-corrected chi connectivity index (χ1v) is 9.90. The summed E-state index contributed by atoms with van der Waals surface area (Å²) >= 11 is 0. The lowest BCUT2D eigenvalue weighted by Gasteiger charge is -2.53. The number of carbonyl (C=O) groups is 2. The van der Waals surface area contributed by atoms with Gasteiger partial charge in [0.05, 0.1) is 6.54 Å². The van der Waals surface area contributed by atoms with Crippen LogP contribution >= 0.6 is 0 Å². The highest BCUT2D eigenvalue weighted by Gasteiger charge is 2.46. The molecular weight excluding hydrogens is 360 g/mol. The summed E-state index contributed by atoms with van der Waals surface area (Å²) in [6.07, 6.45) is 1.66. The second kappa shape index (κ2) is 7.67. The van der Waals surface area contributed by atoms with Gasteiger partial charge in [-0.1, -0.05) is 27.7 Å². The van der Waals surface area contributed by atoms with Crippen molar-refractivity contribution in [2.75, 3.05) is 6.54 Å². The molecule has 28 heavy (non-hydrogen) atoms. The predicted octanol–water partition coefficient (Wildman–Crippen LogP) is 0.824. The van der Waals surface area contributed by atoms with E-state index in [1.165, 1.54) is 12.3 Å². The molecule has 154 valence electrons. The van der Waals surface area contributed by atoms with Gasteiger partial charge in [-0.2, -0.15) is 0 Å². The number of amides is 2. The summed E-state index contributed by atoms with van der Waals surface area (Å²) in [5, 5.41) is 10.8. The molecule has 0 bridgehead atoms. The van der Waals surface area contributed by atoms with Crippen LogP contribution < -0.4 is 11.2 Å². The van der Waals surface area contributed by atoms with Gasteiger partial charge in [-0.25, -0.2) is 0 Å². The van der Waals surface area contributed by atoms with Crippen molar-refractivity contribution in [1.29, 1.82) is 0 Å². The monoisotopic (exact) mass is 390 g/mol. The number of rotatable bonds is 5. The van der Waals surface area contributed by atoms with E-state index in [1.807, 2.05) is 9.80 Å². The maximum absolute atomic E-state index is 13.4. The van der Waals surface area contributed by atoms with Crippen LogP contribution in [0.5, 0.6) is 0 Å². The maximum atomic E-state index is 13.4. The lowest BCUT2D eigenvalue weighted by atomic mass is 9.93. The van der Waals surface area contributed by atoms with Crippen LogP contribution in [0.3, 0.4) is 0 Å². The van der Waals surface area contributed by atoms with E-state index in [1.54, 1.807) is 4.57 Å². The van der Waals surface area contributed by atoms with Crippen LogP contribution in [0.4, 0.5) is 0 Å². The summed E-state index contributed by atoms with van der Waals surface area (Å²) in [5.74, 6) is -0.375. The number of aromatic nitrogens is 1. The first-order valence-electron chi connectivity index (χ1n) is 9.90. The summed E-state index contributed by atoms with van der Waals surface area (Å²) in [6.45, 7) is 9.33. The molecule has 1 aromatic rings. The van der Waals surface area contributed by atoms with Crippen molar-refractivity contribution >= 4 is 11.8 Å². The van der Waals surface area contributed by atoms with Gasteiger partial charge in [-0.3, -0.25) is 19.3 Å². The highest BCUT2D eigenvalue weighted by atomic mass is 16.3. The zero-order valence-electron chi connectivity index (χ0n) is 17.0. The quantitative estimate of drug-likeness (QED) is 0.774. The number of nitrogens with zero attached hydrogens (tertiary/aromatic N) is 3. The molecule has 0 saturated carbocycles. The van der Waals surface area contributed by atoms with Crippen molar-refractivity contribution in [3.63, 3.8) is 0 Å². The number of primary amides is 1. The first kappa shape index (κ1) is 20.5. The summed E-state index contributed by atoms with van der Waals surface area (Å²) in [5.41, 5.74) is 4.90. The van der Waals surface area contributed by atoms with Gasteiger partial charge in [0.15, 0.2) is 5.43 Å². The van der Waals surface area contributed by atoms with Crippen LogP contribution in [0.2, 0.25) is 0 Å². The molecule has 8 nitrogen and oxygen atoms in total. The zero-order valence-corrected chi connectivity index (χ0v) is 17.0. The Morgan fingerprint density at radius 3 is 2.50 bits per heavy atom. The number of nitrogens with two attached hydrogens (primary N) is 1. The molecule has 3 rings (SSSR count). The van der Waals surface area contributed by atoms with E-state index < -0.39 is 17.6 Å². The highest BCUT2D eigenvalue weighted by molar-refractivity contribution is 5.96. The van der Waals surface area contributed by atoms with E-state index in [4.69, 9.17) is 5.73 Å². The number of hydrogen-bond donors (Lipinski definition) is 2. The lowest BCUT2D eigenvalue weighted by Crippen LogP contribution is -2.67. The average molecular weight is 390 g/mol. The summed E-state index contributed by atoms with van der Waals surface area (Å²) in [7, 11) is 0. The standard InChI is InChI=1S/C20H30N4O4/c1-11(2)5-13-6-18(26)23(8-12(3)4)17-10-22-9-14(19(21)27)16(25)7-15(22)20(28)24(13)17/h7,9,11-13,17-18,26H,5-6,8,10H2,1-4H3,(H2,21,27). The minimum atomic E-state index is -0.810. The predicted molar refractivity (Wildman–Crippen MR) is 105 cm³/mol. The molecule has 2 aliphatic heterocycles. The van der Waals surface area contributed by atoms with Crippen LogP contribution in [-0.2, 0) is 6.54 Å². The molecule has 0 radical (unpaired) electrons. The van der Waals surface area contributed by atoms with Gasteiger partial charge in [0, 0.05) is 31.3 Å². The van der Waals surface area contributed by atoms with E-state index in [0.717, 1.165) is 6.42 Å². The van der Waals surface area contributed by atoms with Gasteiger partial charge < -0.3 is 20.3 Å². The van der Waals surface area contributed by atoms with Crippen LogP contribution in [0.1, 0.15) is 61.4 Å². The molecule has 3 N–H and O–H groups in total. The van der Waals surface area contributed by atoms with Crippen molar-refractivity contribution in [1.82, 2.24) is 14.4 Å². The molecule has 0 spiro atoms. The maximum Gasteiger partial charge on any atom is 0.272 e. The summed E-state index contributed by atoms with van der Waals surface area (Å²) in [6, 6.07) is 1.11. The third-order valence-corrected chi connectivity index (χ3v) is 5.49.